The van der Waals surface area contributed by atoms with Gasteiger partial charge in [-0.15, -0.1) is 0 Å². The van der Waals surface area contributed by atoms with E-state index < -0.39 is 22.9 Å². The summed E-state index contributed by atoms with van der Waals surface area (Å²) in [5.41, 5.74) is 0.518. The van der Waals surface area contributed by atoms with Gasteiger partial charge in [0.15, 0.2) is 0 Å². The van der Waals surface area contributed by atoms with Crippen LogP contribution < -0.4 is 0 Å². The van der Waals surface area contributed by atoms with Crippen LogP contribution in [0.2, 0.25) is 0 Å². The zero-order valence-electron chi connectivity index (χ0n) is 11.7. The zero-order chi connectivity index (χ0) is 15.3. The van der Waals surface area contributed by atoms with Crippen LogP contribution in [0.4, 0.5) is 5.69 Å². The summed E-state index contributed by atoms with van der Waals surface area (Å²) in [5, 5.41) is 10.6. The molecular weight excluding hydrogens is 262 g/mol. The van der Waals surface area contributed by atoms with Crippen LogP contribution in [0.15, 0.2) is 24.3 Å². The lowest BCUT2D eigenvalue weighted by molar-refractivity contribution is -0.384. The van der Waals surface area contributed by atoms with Gasteiger partial charge in [-0.25, -0.2) is 0 Å². The number of esters is 1. The maximum absolute atomic E-state index is 11.8. The summed E-state index contributed by atoms with van der Waals surface area (Å²) in [5.74, 6) is -1.02. The third-order valence-corrected chi connectivity index (χ3v) is 3.04. The fraction of sp³-hybridized carbons (Fsp3) is 0.429. The molecule has 0 saturated heterocycles. The number of nitrogens with zero attached hydrogens (tertiary/aromatic N) is 1. The van der Waals surface area contributed by atoms with Crippen molar-refractivity contribution in [2.24, 2.45) is 5.92 Å². The minimum atomic E-state index is -0.722. The summed E-state index contributed by atoms with van der Waals surface area (Å²) in [6.45, 7) is 4.68. The van der Waals surface area contributed by atoms with Crippen LogP contribution in [-0.4, -0.2) is 16.7 Å². The zero-order valence-corrected chi connectivity index (χ0v) is 11.7. The summed E-state index contributed by atoms with van der Waals surface area (Å²) in [6.07, 6.45) is -0.382. The first kappa shape index (κ1) is 15.8. The van der Waals surface area contributed by atoms with E-state index in [1.165, 1.54) is 31.2 Å². The Morgan fingerprint density at radius 2 is 1.85 bits per heavy atom. The van der Waals surface area contributed by atoms with Crippen molar-refractivity contribution in [1.82, 2.24) is 0 Å². The highest BCUT2D eigenvalue weighted by Gasteiger charge is 2.27. The number of benzene rings is 1. The number of Topliss-reactive ketones (excluding diaryl/α,β-unsaturated/α-hetero) is 1. The van der Waals surface area contributed by atoms with Gasteiger partial charge in [0, 0.05) is 25.5 Å². The molecule has 0 aromatic heterocycles. The summed E-state index contributed by atoms with van der Waals surface area (Å²) < 4.78 is 5.19. The number of carbonyl (C=O) groups is 2. The molecule has 6 heteroatoms. The highest BCUT2D eigenvalue weighted by Crippen LogP contribution is 2.29. The predicted molar refractivity (Wildman–Crippen MR) is 72.1 cm³/mol. The first-order chi connectivity index (χ1) is 9.36. The van der Waals surface area contributed by atoms with Gasteiger partial charge in [-0.2, -0.15) is 0 Å². The highest BCUT2D eigenvalue weighted by atomic mass is 16.6. The number of hydrogen-bond donors (Lipinski definition) is 0. The molecule has 1 rings (SSSR count). The Bertz CT molecular complexity index is 509. The first-order valence-corrected chi connectivity index (χ1v) is 6.31. The molecule has 6 nitrogen and oxygen atoms in total. The van der Waals surface area contributed by atoms with Gasteiger partial charge in [0.2, 0.25) is 0 Å². The molecule has 0 N–H and O–H groups in total. The normalized spacial score (nSPS) is 13.3. The number of nitro benzene ring substituents is 1. The van der Waals surface area contributed by atoms with Crippen LogP contribution in [0.5, 0.6) is 0 Å². The standard InChI is InChI=1S/C14H17NO5/c1-4-13(17)9(2)14(20-10(3)16)11-5-7-12(8-6-11)15(18)19/h5-9,14H,4H2,1-3H3. The van der Waals surface area contributed by atoms with Gasteiger partial charge < -0.3 is 4.74 Å². The fourth-order valence-electron chi connectivity index (χ4n) is 1.91. The molecule has 2 unspecified atom stereocenters. The highest BCUT2D eigenvalue weighted by molar-refractivity contribution is 5.81. The van der Waals surface area contributed by atoms with Gasteiger partial charge >= 0.3 is 5.97 Å². The lowest BCUT2D eigenvalue weighted by Gasteiger charge is -2.22. The van der Waals surface area contributed by atoms with Crippen molar-refractivity contribution in [3.05, 3.63) is 39.9 Å². The maximum Gasteiger partial charge on any atom is 0.303 e. The van der Waals surface area contributed by atoms with Crippen LogP contribution in [0.3, 0.4) is 0 Å². The number of ether oxygens (including phenoxy) is 1. The van der Waals surface area contributed by atoms with Crippen LogP contribution in [0, 0.1) is 16.0 Å². The molecule has 1 aromatic carbocycles. The minimum absolute atomic E-state index is 0.0328. The minimum Gasteiger partial charge on any atom is -0.457 e. The third-order valence-electron chi connectivity index (χ3n) is 3.04. The molecule has 0 aliphatic carbocycles. The monoisotopic (exact) mass is 279 g/mol. The maximum atomic E-state index is 11.8. The van der Waals surface area contributed by atoms with E-state index >= 15 is 0 Å². The molecule has 1 aromatic rings. The van der Waals surface area contributed by atoms with Crippen molar-refractivity contribution in [3.63, 3.8) is 0 Å². The van der Waals surface area contributed by atoms with Crippen molar-refractivity contribution in [2.75, 3.05) is 0 Å². The number of ketones is 1. The van der Waals surface area contributed by atoms with E-state index in [-0.39, 0.29) is 11.5 Å². The Morgan fingerprint density at radius 1 is 1.30 bits per heavy atom. The topological polar surface area (TPSA) is 86.5 Å². The largest absolute Gasteiger partial charge is 0.457 e. The van der Waals surface area contributed by atoms with Crippen LogP contribution >= 0.6 is 0 Å². The van der Waals surface area contributed by atoms with Crippen LogP contribution in [-0.2, 0) is 14.3 Å². The molecule has 0 fully saturated rings. The molecule has 0 radical (unpaired) electrons. The van der Waals surface area contributed by atoms with E-state index in [9.17, 15) is 19.7 Å². The molecule has 0 heterocycles. The molecular formula is C14H17NO5. The lowest BCUT2D eigenvalue weighted by Crippen LogP contribution is -2.23. The summed E-state index contributed by atoms with van der Waals surface area (Å²) in [4.78, 5) is 33.1. The smallest absolute Gasteiger partial charge is 0.303 e. The molecule has 0 spiro atoms. The Balaban J connectivity index is 3.06. The Labute approximate surface area is 116 Å². The van der Waals surface area contributed by atoms with E-state index in [1.54, 1.807) is 13.8 Å². The second-order valence-corrected chi connectivity index (χ2v) is 4.49. The van der Waals surface area contributed by atoms with Crippen molar-refractivity contribution in [2.45, 2.75) is 33.3 Å². The van der Waals surface area contributed by atoms with E-state index in [2.05, 4.69) is 0 Å². The molecule has 0 bridgehead atoms. The molecule has 0 saturated carbocycles. The third kappa shape index (κ3) is 3.88. The first-order valence-electron chi connectivity index (χ1n) is 6.31. The van der Waals surface area contributed by atoms with Gasteiger partial charge in [0.1, 0.15) is 11.9 Å². The van der Waals surface area contributed by atoms with Gasteiger partial charge in [-0.3, -0.25) is 19.7 Å². The number of hydrogen-bond acceptors (Lipinski definition) is 5. The number of nitro groups is 1. The van der Waals surface area contributed by atoms with Crippen molar-refractivity contribution in [3.8, 4) is 0 Å². The average Bonchev–Trinajstić information content (AvgIpc) is 2.43. The fourth-order valence-corrected chi connectivity index (χ4v) is 1.91. The van der Waals surface area contributed by atoms with Crippen molar-refractivity contribution >= 4 is 17.4 Å². The van der Waals surface area contributed by atoms with E-state index in [0.29, 0.717) is 12.0 Å². The molecule has 0 aliphatic rings. The Kier molecular flexibility index (Phi) is 5.37. The van der Waals surface area contributed by atoms with Crippen LogP contribution in [0.25, 0.3) is 0 Å². The average molecular weight is 279 g/mol. The van der Waals surface area contributed by atoms with Crippen molar-refractivity contribution in [1.29, 1.82) is 0 Å². The second kappa shape index (κ2) is 6.79. The summed E-state index contributed by atoms with van der Waals surface area (Å²) in [7, 11) is 0. The predicted octanol–water partition coefficient (Wildman–Crippen LogP) is 2.81. The van der Waals surface area contributed by atoms with Crippen LogP contribution in [0.1, 0.15) is 38.9 Å². The quantitative estimate of drug-likeness (QED) is 0.454. The number of non-ortho nitro benzene ring substituents is 1. The SMILES string of the molecule is CCC(=O)C(C)C(OC(C)=O)c1ccc([N+](=O)[O-])cc1. The second-order valence-electron chi connectivity index (χ2n) is 4.49. The summed E-state index contributed by atoms with van der Waals surface area (Å²) >= 11 is 0. The molecule has 0 aliphatic heterocycles. The van der Waals surface area contributed by atoms with Gasteiger partial charge in [0.25, 0.3) is 5.69 Å². The van der Waals surface area contributed by atoms with E-state index in [0.717, 1.165) is 0 Å². The van der Waals surface area contributed by atoms with Gasteiger partial charge in [0.05, 0.1) is 10.8 Å². The van der Waals surface area contributed by atoms with E-state index in [1.807, 2.05) is 0 Å². The van der Waals surface area contributed by atoms with Crippen molar-refractivity contribution < 1.29 is 19.2 Å². The Hall–Kier alpha value is -2.24. The lowest BCUT2D eigenvalue weighted by atomic mass is 9.92. The van der Waals surface area contributed by atoms with Gasteiger partial charge in [-0.05, 0) is 17.7 Å². The van der Waals surface area contributed by atoms with E-state index in [4.69, 9.17) is 4.74 Å². The molecule has 20 heavy (non-hydrogen) atoms. The Morgan fingerprint density at radius 3 is 2.25 bits per heavy atom. The van der Waals surface area contributed by atoms with Gasteiger partial charge in [-0.1, -0.05) is 13.8 Å². The number of carbonyl (C=O) groups excluding carboxylic acids is 2. The molecule has 2 atom stereocenters. The number of rotatable bonds is 6. The summed E-state index contributed by atoms with van der Waals surface area (Å²) in [6, 6.07) is 5.67. The molecule has 108 valence electrons. The molecule has 0 amide bonds.